The van der Waals surface area contributed by atoms with Gasteiger partial charge in [-0.1, -0.05) is 0 Å². The van der Waals surface area contributed by atoms with E-state index in [0.717, 1.165) is 21.1 Å². The van der Waals surface area contributed by atoms with Crippen molar-refractivity contribution in [3.8, 4) is 5.75 Å². The number of aromatic hydroxyl groups is 1. The Balaban J connectivity index is 2.93. The molecule has 1 heterocycles. The predicted octanol–water partition coefficient (Wildman–Crippen LogP) is 2.94. The van der Waals surface area contributed by atoms with Crippen molar-refractivity contribution in [2.45, 2.75) is 6.92 Å². The normalized spacial score (nSPS) is 10.8. The minimum Gasteiger partial charge on any atom is -0.507 e. The number of nitrogens with one attached hydrogen (secondary N) is 1. The highest BCUT2D eigenvalue weighted by Crippen LogP contribution is 2.30. The Bertz CT molecular complexity index is 394. The molecule has 0 radical (unpaired) electrons. The third-order valence-electron chi connectivity index (χ3n) is 1.85. The van der Waals surface area contributed by atoms with Crippen LogP contribution in [0.15, 0.2) is 22.7 Å². The quantitative estimate of drug-likeness (QED) is 0.711. The lowest BCUT2D eigenvalue weighted by molar-refractivity contribution is 0.481. The highest BCUT2D eigenvalue weighted by molar-refractivity contribution is 9.10. The maximum Gasteiger partial charge on any atom is 0.125 e. The molecule has 0 saturated heterocycles. The number of phenolic OH excluding ortho intramolecular Hbond substituents is 1. The molecular formula is C9H8BrNO. The van der Waals surface area contributed by atoms with Gasteiger partial charge in [-0.15, -0.1) is 0 Å². The number of phenols is 1. The van der Waals surface area contributed by atoms with Crippen molar-refractivity contribution in [2.24, 2.45) is 0 Å². The first-order chi connectivity index (χ1) is 5.68. The van der Waals surface area contributed by atoms with Crippen molar-refractivity contribution in [1.29, 1.82) is 0 Å². The van der Waals surface area contributed by atoms with Crippen LogP contribution in [0.4, 0.5) is 0 Å². The average molecular weight is 226 g/mol. The first-order valence-electron chi connectivity index (χ1n) is 3.65. The summed E-state index contributed by atoms with van der Waals surface area (Å²) >= 11 is 3.40. The van der Waals surface area contributed by atoms with E-state index in [1.54, 1.807) is 6.07 Å². The van der Waals surface area contributed by atoms with E-state index in [1.807, 2.05) is 19.1 Å². The van der Waals surface area contributed by atoms with Gasteiger partial charge in [-0.2, -0.15) is 0 Å². The molecule has 2 N–H and O–H groups in total. The molecule has 1 aromatic heterocycles. The molecule has 0 unspecified atom stereocenters. The smallest absolute Gasteiger partial charge is 0.125 e. The summed E-state index contributed by atoms with van der Waals surface area (Å²) in [6.45, 7) is 1.96. The first-order valence-corrected chi connectivity index (χ1v) is 4.44. The lowest BCUT2D eigenvalue weighted by Crippen LogP contribution is -1.71. The molecule has 12 heavy (non-hydrogen) atoms. The van der Waals surface area contributed by atoms with E-state index in [-0.39, 0.29) is 0 Å². The third kappa shape index (κ3) is 1.01. The number of fused-ring (bicyclic) bond motifs is 1. The number of aromatic amines is 1. The van der Waals surface area contributed by atoms with Gasteiger partial charge in [0, 0.05) is 15.6 Å². The van der Waals surface area contributed by atoms with Crippen LogP contribution >= 0.6 is 15.9 Å². The Morgan fingerprint density at radius 2 is 2.17 bits per heavy atom. The summed E-state index contributed by atoms with van der Waals surface area (Å²) in [4.78, 5) is 3.16. The molecule has 2 aromatic rings. The topological polar surface area (TPSA) is 36.0 Å². The number of halogens is 1. The summed E-state index contributed by atoms with van der Waals surface area (Å²) in [6.07, 6.45) is 0. The van der Waals surface area contributed by atoms with E-state index in [4.69, 9.17) is 0 Å². The van der Waals surface area contributed by atoms with Crippen LogP contribution < -0.4 is 0 Å². The molecule has 1 aromatic carbocycles. The fourth-order valence-electron chi connectivity index (χ4n) is 1.30. The highest BCUT2D eigenvalue weighted by Gasteiger charge is 2.05. The zero-order valence-electron chi connectivity index (χ0n) is 6.56. The number of hydrogen-bond acceptors (Lipinski definition) is 1. The van der Waals surface area contributed by atoms with Crippen LogP contribution in [0.5, 0.6) is 5.75 Å². The van der Waals surface area contributed by atoms with Crippen LogP contribution in [0.2, 0.25) is 0 Å². The predicted molar refractivity (Wildman–Crippen MR) is 52.4 cm³/mol. The zero-order valence-corrected chi connectivity index (χ0v) is 8.14. The molecule has 0 aliphatic heterocycles. The van der Waals surface area contributed by atoms with Gasteiger partial charge in [0.05, 0.1) is 5.52 Å². The Kier molecular flexibility index (Phi) is 1.61. The van der Waals surface area contributed by atoms with Crippen molar-refractivity contribution in [3.05, 3.63) is 28.4 Å². The third-order valence-corrected chi connectivity index (χ3v) is 2.52. The lowest BCUT2D eigenvalue weighted by Gasteiger charge is -1.95. The number of aryl methyl sites for hydroxylation is 1. The highest BCUT2D eigenvalue weighted by atomic mass is 79.9. The monoisotopic (exact) mass is 225 g/mol. The summed E-state index contributed by atoms with van der Waals surface area (Å²) in [6, 6.07) is 5.43. The molecule has 62 valence electrons. The number of benzene rings is 1. The van der Waals surface area contributed by atoms with Crippen molar-refractivity contribution in [3.63, 3.8) is 0 Å². The van der Waals surface area contributed by atoms with Gasteiger partial charge in [0.1, 0.15) is 5.75 Å². The van der Waals surface area contributed by atoms with E-state index in [9.17, 15) is 5.11 Å². The standard InChI is InChI=1S/C9H8BrNO/c1-5-4-6-8(12)3-2-7(10)9(6)11-5/h2-4,11-12H,1H3. The summed E-state index contributed by atoms with van der Waals surface area (Å²) in [7, 11) is 0. The summed E-state index contributed by atoms with van der Waals surface area (Å²) in [5.41, 5.74) is 2.00. The van der Waals surface area contributed by atoms with Crippen LogP contribution in [0, 0.1) is 6.92 Å². The van der Waals surface area contributed by atoms with E-state index in [0.29, 0.717) is 5.75 Å². The minimum atomic E-state index is 0.317. The average Bonchev–Trinajstić information content (AvgIpc) is 2.41. The van der Waals surface area contributed by atoms with E-state index in [1.165, 1.54) is 0 Å². The van der Waals surface area contributed by atoms with Crippen LogP contribution in [0.1, 0.15) is 5.69 Å². The molecule has 2 nitrogen and oxygen atoms in total. The van der Waals surface area contributed by atoms with Gasteiger partial charge in [0.2, 0.25) is 0 Å². The zero-order chi connectivity index (χ0) is 8.72. The maximum absolute atomic E-state index is 9.47. The van der Waals surface area contributed by atoms with Gasteiger partial charge >= 0.3 is 0 Å². The lowest BCUT2D eigenvalue weighted by atomic mass is 10.2. The second kappa shape index (κ2) is 2.52. The second-order valence-electron chi connectivity index (χ2n) is 2.81. The Morgan fingerprint density at radius 3 is 2.83 bits per heavy atom. The van der Waals surface area contributed by atoms with E-state index < -0.39 is 0 Å². The van der Waals surface area contributed by atoms with Gasteiger partial charge in [0.15, 0.2) is 0 Å². The number of aromatic nitrogens is 1. The van der Waals surface area contributed by atoms with Crippen LogP contribution in [-0.4, -0.2) is 10.1 Å². The Morgan fingerprint density at radius 1 is 1.42 bits per heavy atom. The van der Waals surface area contributed by atoms with Gasteiger partial charge in [-0.05, 0) is 41.1 Å². The van der Waals surface area contributed by atoms with Crippen molar-refractivity contribution >= 4 is 26.8 Å². The molecule has 0 spiro atoms. The molecule has 2 rings (SSSR count). The Hall–Kier alpha value is -0.960. The van der Waals surface area contributed by atoms with Crippen molar-refractivity contribution < 1.29 is 5.11 Å². The van der Waals surface area contributed by atoms with Crippen molar-refractivity contribution in [1.82, 2.24) is 4.98 Å². The molecule has 0 aliphatic carbocycles. The van der Waals surface area contributed by atoms with Crippen LogP contribution in [0.3, 0.4) is 0 Å². The first kappa shape index (κ1) is 7.68. The minimum absolute atomic E-state index is 0.317. The van der Waals surface area contributed by atoms with Crippen molar-refractivity contribution in [2.75, 3.05) is 0 Å². The van der Waals surface area contributed by atoms with E-state index in [2.05, 4.69) is 20.9 Å². The largest absolute Gasteiger partial charge is 0.507 e. The maximum atomic E-state index is 9.47. The fourth-order valence-corrected chi connectivity index (χ4v) is 1.75. The van der Waals surface area contributed by atoms with Crippen LogP contribution in [0.25, 0.3) is 10.9 Å². The molecule has 0 aliphatic rings. The van der Waals surface area contributed by atoms with Gasteiger partial charge in [-0.3, -0.25) is 0 Å². The molecule has 0 saturated carbocycles. The van der Waals surface area contributed by atoms with Gasteiger partial charge in [-0.25, -0.2) is 0 Å². The summed E-state index contributed by atoms with van der Waals surface area (Å²) in [5, 5.41) is 10.3. The number of hydrogen-bond donors (Lipinski definition) is 2. The summed E-state index contributed by atoms with van der Waals surface area (Å²) in [5.74, 6) is 0.317. The second-order valence-corrected chi connectivity index (χ2v) is 3.66. The van der Waals surface area contributed by atoms with Gasteiger partial charge in [0.25, 0.3) is 0 Å². The molecule has 0 bridgehead atoms. The SMILES string of the molecule is Cc1cc2c(O)ccc(Br)c2[nH]1. The Labute approximate surface area is 78.3 Å². The van der Waals surface area contributed by atoms with E-state index >= 15 is 0 Å². The fraction of sp³-hybridized carbons (Fsp3) is 0.111. The molecular weight excluding hydrogens is 218 g/mol. The number of H-pyrrole nitrogens is 1. The van der Waals surface area contributed by atoms with Crippen LogP contribution in [-0.2, 0) is 0 Å². The molecule has 0 atom stereocenters. The molecule has 0 amide bonds. The molecule has 0 fully saturated rings. The van der Waals surface area contributed by atoms with Gasteiger partial charge < -0.3 is 10.1 Å². The summed E-state index contributed by atoms with van der Waals surface area (Å²) < 4.78 is 0.975. The molecule has 3 heteroatoms. The number of rotatable bonds is 0.